The first-order valence-electron chi connectivity index (χ1n) is 13.1. The van der Waals surface area contributed by atoms with Gasteiger partial charge in [0.25, 0.3) is 12.1 Å². The monoisotopic (exact) mass is 596 g/mol. The number of hydrogen-bond donors (Lipinski definition) is 2. The number of amides is 1. The largest absolute Gasteiger partial charge is 0.489 e. The number of nitrogens with one attached hydrogen (secondary N) is 2. The first-order chi connectivity index (χ1) is 20.1. The molecule has 1 aromatic heterocycles. The zero-order chi connectivity index (χ0) is 31.1. The topological polar surface area (TPSA) is 131 Å². The highest BCUT2D eigenvalue weighted by Gasteiger charge is 2.17. The molecule has 0 atom stereocenters. The van der Waals surface area contributed by atoms with Gasteiger partial charge < -0.3 is 25.1 Å². The van der Waals surface area contributed by atoms with Crippen LogP contribution < -0.4 is 15.4 Å². The van der Waals surface area contributed by atoms with Gasteiger partial charge in [-0.3, -0.25) is 14.9 Å². The summed E-state index contributed by atoms with van der Waals surface area (Å²) >= 11 is 5.70. The second-order valence-corrected chi connectivity index (χ2v) is 9.36. The van der Waals surface area contributed by atoms with Gasteiger partial charge in [0.1, 0.15) is 24.6 Å². The summed E-state index contributed by atoms with van der Waals surface area (Å²) in [6.07, 6.45) is 2.61. The average molecular weight is 597 g/mol. The van der Waals surface area contributed by atoms with Gasteiger partial charge in [-0.15, -0.1) is 0 Å². The highest BCUT2D eigenvalue weighted by Crippen LogP contribution is 2.22. The zero-order valence-corrected chi connectivity index (χ0v) is 25.4. The van der Waals surface area contributed by atoms with Gasteiger partial charge in [0.15, 0.2) is 11.5 Å². The van der Waals surface area contributed by atoms with E-state index in [4.69, 9.17) is 21.2 Å². The van der Waals surface area contributed by atoms with Gasteiger partial charge in [-0.2, -0.15) is 0 Å². The van der Waals surface area contributed by atoms with Gasteiger partial charge in [-0.25, -0.2) is 4.98 Å². The van der Waals surface area contributed by atoms with Crippen LogP contribution in [0, 0.1) is 24.0 Å². The molecule has 0 spiro atoms. The molecule has 0 saturated carbocycles. The van der Waals surface area contributed by atoms with E-state index >= 15 is 0 Å². The first-order valence-corrected chi connectivity index (χ1v) is 13.5. The molecule has 3 aromatic rings. The number of ether oxygens (including phenoxy) is 1. The number of carbonyl (C=O) groups is 1. The third-order valence-electron chi connectivity index (χ3n) is 5.99. The van der Waals surface area contributed by atoms with E-state index in [1.165, 1.54) is 7.11 Å². The van der Waals surface area contributed by atoms with Crippen molar-refractivity contribution in [2.45, 2.75) is 33.9 Å². The molecule has 1 amide bonds. The Morgan fingerprint density at radius 3 is 2.48 bits per heavy atom. The molecule has 224 valence electrons. The molecule has 1 heterocycles. The molecule has 0 bridgehead atoms. The van der Waals surface area contributed by atoms with Crippen molar-refractivity contribution in [3.05, 3.63) is 116 Å². The summed E-state index contributed by atoms with van der Waals surface area (Å²) in [5.41, 5.74) is 4.90. The molecule has 0 unspecified atom stereocenters. The Kier molecular flexibility index (Phi) is 13.8. The molecule has 0 radical (unpaired) electrons. The van der Waals surface area contributed by atoms with Gasteiger partial charge in [0.2, 0.25) is 0 Å². The summed E-state index contributed by atoms with van der Waals surface area (Å²) in [5.74, 6) is 0.975. The van der Waals surface area contributed by atoms with E-state index in [1.807, 2.05) is 74.2 Å². The highest BCUT2D eigenvalue weighted by molar-refractivity contribution is 6.45. The highest BCUT2D eigenvalue weighted by atomic mass is 35.5. The molecule has 0 aliphatic heterocycles. The third-order valence-corrected chi connectivity index (χ3v) is 6.22. The van der Waals surface area contributed by atoms with Gasteiger partial charge in [-0.05, 0) is 55.2 Å². The van der Waals surface area contributed by atoms with Gasteiger partial charge in [0, 0.05) is 38.9 Å². The summed E-state index contributed by atoms with van der Waals surface area (Å²) in [7, 11) is 4.62. The quantitative estimate of drug-likeness (QED) is 0.132. The van der Waals surface area contributed by atoms with E-state index in [1.54, 1.807) is 26.4 Å². The molecule has 2 N–H and O–H groups in total. The molecule has 42 heavy (non-hydrogen) atoms. The van der Waals surface area contributed by atoms with Crippen molar-refractivity contribution >= 4 is 23.2 Å². The molecule has 12 heteroatoms. The van der Waals surface area contributed by atoms with Crippen molar-refractivity contribution in [3.63, 3.8) is 0 Å². The molecular formula is C30H37ClN6O5. The van der Waals surface area contributed by atoms with E-state index in [9.17, 15) is 14.9 Å². The molecule has 0 aliphatic carbocycles. The number of likely N-dealkylation sites (N-methyl/N-ethyl adjacent to an activating group) is 1. The van der Waals surface area contributed by atoms with Gasteiger partial charge in [0.05, 0.1) is 4.92 Å². The number of hydrogen-bond acceptors (Lipinski definition) is 9. The summed E-state index contributed by atoms with van der Waals surface area (Å²) in [4.78, 5) is 32.7. The van der Waals surface area contributed by atoms with Crippen molar-refractivity contribution < 1.29 is 19.3 Å². The minimum Gasteiger partial charge on any atom is -0.489 e. The van der Waals surface area contributed by atoms with Crippen LogP contribution in [0.25, 0.3) is 0 Å². The van der Waals surface area contributed by atoms with Gasteiger partial charge >= 0.3 is 0 Å². The van der Waals surface area contributed by atoms with Crippen molar-refractivity contribution in [1.29, 1.82) is 0 Å². The van der Waals surface area contributed by atoms with Crippen molar-refractivity contribution in [2.24, 2.45) is 5.16 Å². The van der Waals surface area contributed by atoms with E-state index in [0.29, 0.717) is 36.2 Å². The lowest BCUT2D eigenvalue weighted by molar-refractivity contribution is -0.404. The minimum absolute atomic E-state index is 0.222. The lowest BCUT2D eigenvalue weighted by Crippen LogP contribution is -2.30. The fraction of sp³-hybridized carbons (Fsp3) is 0.300. The number of rotatable bonds is 12. The van der Waals surface area contributed by atoms with Crippen LogP contribution in [0.15, 0.2) is 78.0 Å². The van der Waals surface area contributed by atoms with Crippen LogP contribution in [0.2, 0.25) is 5.15 Å². The van der Waals surface area contributed by atoms with E-state index in [0.717, 1.165) is 34.2 Å². The minimum atomic E-state index is -0.478. The van der Waals surface area contributed by atoms with Crippen LogP contribution in [0.1, 0.15) is 34.7 Å². The molecule has 11 nitrogen and oxygen atoms in total. The Hall–Kier alpha value is -4.64. The lowest BCUT2D eigenvalue weighted by Gasteiger charge is -2.23. The van der Waals surface area contributed by atoms with E-state index in [-0.39, 0.29) is 11.6 Å². The fourth-order valence-electron chi connectivity index (χ4n) is 3.81. The second-order valence-electron chi connectivity index (χ2n) is 8.97. The number of benzene rings is 2. The normalized spacial score (nSPS) is 11.1. The molecular weight excluding hydrogens is 560 g/mol. The molecule has 0 aliphatic rings. The van der Waals surface area contributed by atoms with Crippen LogP contribution in [0.4, 0.5) is 0 Å². The number of carbonyl (C=O) groups excluding carboxylic acids is 1. The van der Waals surface area contributed by atoms with Crippen LogP contribution in [-0.4, -0.2) is 54.2 Å². The summed E-state index contributed by atoms with van der Waals surface area (Å²) in [6, 6.07) is 17.1. The summed E-state index contributed by atoms with van der Waals surface area (Å²) in [6.45, 7) is 7.46. The summed E-state index contributed by atoms with van der Waals surface area (Å²) in [5, 5.41) is 20.2. The van der Waals surface area contributed by atoms with E-state index in [2.05, 4.69) is 20.8 Å². The number of oxime groups is 1. The molecule has 2 aromatic carbocycles. The van der Waals surface area contributed by atoms with Crippen LogP contribution in [0.5, 0.6) is 5.75 Å². The SMILES string of the molecule is CCN(Cc1ccc(Cl)nc1)/C(=C/[N+](=O)[O-])NC.CNC(=O)/C(=N/OC)c1ccccc1COc1cc(C)ccc1C. The third kappa shape index (κ3) is 10.4. The van der Waals surface area contributed by atoms with Crippen LogP contribution >= 0.6 is 11.6 Å². The molecule has 0 saturated heterocycles. The fourth-order valence-corrected chi connectivity index (χ4v) is 3.92. The molecule has 0 fully saturated rings. The van der Waals surface area contributed by atoms with Crippen LogP contribution in [0.3, 0.4) is 0 Å². The maximum atomic E-state index is 12.1. The predicted octanol–water partition coefficient (Wildman–Crippen LogP) is 4.83. The zero-order valence-electron chi connectivity index (χ0n) is 24.7. The number of aryl methyl sites for hydroxylation is 2. The van der Waals surface area contributed by atoms with Crippen molar-refractivity contribution in [2.75, 3.05) is 27.7 Å². The van der Waals surface area contributed by atoms with E-state index < -0.39 is 4.92 Å². The average Bonchev–Trinajstić information content (AvgIpc) is 2.99. The van der Waals surface area contributed by atoms with Gasteiger partial charge in [-0.1, -0.05) is 59.2 Å². The number of aromatic nitrogens is 1. The lowest BCUT2D eigenvalue weighted by atomic mass is 10.0. The smallest absolute Gasteiger partial charge is 0.274 e. The maximum Gasteiger partial charge on any atom is 0.274 e. The molecule has 3 rings (SSSR count). The maximum absolute atomic E-state index is 12.1. The Morgan fingerprint density at radius 2 is 1.88 bits per heavy atom. The predicted molar refractivity (Wildman–Crippen MR) is 164 cm³/mol. The Labute approximate surface area is 251 Å². The van der Waals surface area contributed by atoms with Crippen molar-refractivity contribution in [3.8, 4) is 5.75 Å². The second kappa shape index (κ2) is 17.2. The van der Waals surface area contributed by atoms with Crippen LogP contribution in [-0.2, 0) is 22.8 Å². The number of pyridine rings is 1. The number of nitro groups is 1. The first kappa shape index (κ1) is 33.6. The number of nitrogens with zero attached hydrogens (tertiary/aromatic N) is 4. The van der Waals surface area contributed by atoms with Crippen molar-refractivity contribution in [1.82, 2.24) is 20.5 Å². The summed E-state index contributed by atoms with van der Waals surface area (Å²) < 4.78 is 5.96. The Bertz CT molecular complexity index is 1400. The number of halogens is 1. The standard InChI is InChI=1S/C19H22N2O3.C11H15ClN4O2/c1-13-9-10-14(2)17(11-13)24-12-15-7-5-6-8-16(15)18(21-23-4)19(22)20-3;1-3-15(11(13-2)8-16(17)18)7-9-4-5-10(12)14-6-9/h5-11H,12H2,1-4H3,(H,20,22);4-6,8,13H,3,7H2,1-2H3/b21-18+;11-8+. The Balaban J connectivity index is 0.000000307. The Morgan fingerprint density at radius 1 is 1.14 bits per heavy atom.